The molecule has 4 nitrogen and oxygen atoms in total. The van der Waals surface area contributed by atoms with Crippen molar-refractivity contribution in [2.45, 2.75) is 25.9 Å². The third kappa shape index (κ3) is 5.77. The van der Waals surface area contributed by atoms with Crippen LogP contribution in [0.1, 0.15) is 19.8 Å². The molecule has 1 aliphatic rings. The second kappa shape index (κ2) is 8.69. The van der Waals surface area contributed by atoms with E-state index in [1.165, 1.54) is 13.2 Å². The standard InChI is InChI=1S/C15H20F2O4/c1-10(9-21-7-6-14(18)19)15-12(16)5-3-4-11(20-2)8-13(15)17/h3-4,8,10-11H,5-7,9H2,1-2H3,(H,18,19)/b4-3?,13-8?,15-12+. The lowest BCUT2D eigenvalue weighted by Gasteiger charge is -2.18. The summed E-state index contributed by atoms with van der Waals surface area (Å²) in [5.41, 5.74) is -0.0447. The topological polar surface area (TPSA) is 55.8 Å². The molecule has 1 N–H and O–H groups in total. The third-order valence-corrected chi connectivity index (χ3v) is 3.08. The fourth-order valence-corrected chi connectivity index (χ4v) is 1.99. The lowest BCUT2D eigenvalue weighted by atomic mass is 9.96. The number of carbonyl (C=O) groups is 1. The zero-order valence-electron chi connectivity index (χ0n) is 12.1. The van der Waals surface area contributed by atoms with Gasteiger partial charge in [-0.3, -0.25) is 4.79 Å². The van der Waals surface area contributed by atoms with Gasteiger partial charge >= 0.3 is 5.97 Å². The molecule has 0 heterocycles. The molecule has 1 aliphatic carbocycles. The Balaban J connectivity index is 2.74. The second-order valence-corrected chi connectivity index (χ2v) is 4.79. The third-order valence-electron chi connectivity index (χ3n) is 3.08. The molecule has 0 aliphatic heterocycles. The number of methoxy groups -OCH3 is 1. The predicted molar refractivity (Wildman–Crippen MR) is 74.1 cm³/mol. The molecule has 0 fully saturated rings. The van der Waals surface area contributed by atoms with E-state index in [1.807, 2.05) is 0 Å². The molecule has 0 aromatic heterocycles. The van der Waals surface area contributed by atoms with E-state index >= 15 is 0 Å². The highest BCUT2D eigenvalue weighted by Crippen LogP contribution is 2.30. The van der Waals surface area contributed by atoms with Crippen molar-refractivity contribution in [3.8, 4) is 0 Å². The molecule has 0 aromatic carbocycles. The summed E-state index contributed by atoms with van der Waals surface area (Å²) in [5, 5.41) is 8.50. The Morgan fingerprint density at radius 1 is 1.52 bits per heavy atom. The summed E-state index contributed by atoms with van der Waals surface area (Å²) < 4.78 is 38.4. The van der Waals surface area contributed by atoms with Gasteiger partial charge in [0.15, 0.2) is 0 Å². The monoisotopic (exact) mass is 302 g/mol. The molecule has 0 saturated heterocycles. The van der Waals surface area contributed by atoms with Gasteiger partial charge in [-0.15, -0.1) is 0 Å². The highest BCUT2D eigenvalue weighted by Gasteiger charge is 2.21. The Morgan fingerprint density at radius 3 is 2.86 bits per heavy atom. The summed E-state index contributed by atoms with van der Waals surface area (Å²) in [5.74, 6) is -2.71. The summed E-state index contributed by atoms with van der Waals surface area (Å²) in [6.07, 6.45) is 3.71. The van der Waals surface area contributed by atoms with Gasteiger partial charge < -0.3 is 14.6 Å². The van der Waals surface area contributed by atoms with Gasteiger partial charge in [0.1, 0.15) is 11.7 Å². The van der Waals surface area contributed by atoms with Gasteiger partial charge in [0.25, 0.3) is 0 Å². The quantitative estimate of drug-likeness (QED) is 0.580. The molecule has 0 spiro atoms. The Kier molecular flexibility index (Phi) is 7.25. The Bertz CT molecular complexity index is 455. The van der Waals surface area contributed by atoms with Gasteiger partial charge in [-0.2, -0.15) is 0 Å². The molecule has 0 aromatic rings. The van der Waals surface area contributed by atoms with Crippen LogP contribution in [-0.4, -0.2) is 37.5 Å². The van der Waals surface area contributed by atoms with E-state index in [1.54, 1.807) is 19.1 Å². The number of allylic oxidation sites excluding steroid dienone is 3. The van der Waals surface area contributed by atoms with Gasteiger partial charge in [-0.1, -0.05) is 19.1 Å². The molecule has 0 radical (unpaired) electrons. The number of ether oxygens (including phenoxy) is 2. The maximum atomic E-state index is 14.2. The summed E-state index contributed by atoms with van der Waals surface area (Å²) in [7, 11) is 1.44. The molecular formula is C15H20F2O4. The van der Waals surface area contributed by atoms with Crippen molar-refractivity contribution in [2.24, 2.45) is 5.92 Å². The summed E-state index contributed by atoms with van der Waals surface area (Å²) in [6, 6.07) is 0. The van der Waals surface area contributed by atoms with Crippen LogP contribution < -0.4 is 0 Å². The van der Waals surface area contributed by atoms with Crippen LogP contribution in [0.2, 0.25) is 0 Å². The number of hydrogen-bond acceptors (Lipinski definition) is 3. The number of hydrogen-bond donors (Lipinski definition) is 1. The zero-order valence-corrected chi connectivity index (χ0v) is 12.1. The van der Waals surface area contributed by atoms with Gasteiger partial charge in [-0.05, 0) is 6.08 Å². The van der Waals surface area contributed by atoms with Crippen molar-refractivity contribution in [2.75, 3.05) is 20.3 Å². The first-order valence-electron chi connectivity index (χ1n) is 6.71. The van der Waals surface area contributed by atoms with Crippen molar-refractivity contribution in [1.29, 1.82) is 0 Å². The van der Waals surface area contributed by atoms with Gasteiger partial charge in [-0.25, -0.2) is 8.78 Å². The number of carboxylic acid groups (broad SMARTS) is 1. The van der Waals surface area contributed by atoms with Crippen molar-refractivity contribution in [3.05, 3.63) is 35.5 Å². The molecule has 6 heteroatoms. The number of carboxylic acids is 1. The van der Waals surface area contributed by atoms with E-state index in [2.05, 4.69) is 0 Å². The minimum atomic E-state index is -0.974. The van der Waals surface area contributed by atoms with Crippen LogP contribution in [0.4, 0.5) is 8.78 Å². The van der Waals surface area contributed by atoms with Crippen LogP contribution in [0.5, 0.6) is 0 Å². The summed E-state index contributed by atoms with van der Waals surface area (Å²) in [6.45, 7) is 1.70. The number of halogens is 2. The van der Waals surface area contributed by atoms with Crippen LogP contribution >= 0.6 is 0 Å². The van der Waals surface area contributed by atoms with Crippen LogP contribution in [-0.2, 0) is 14.3 Å². The molecule has 21 heavy (non-hydrogen) atoms. The maximum absolute atomic E-state index is 14.2. The molecule has 2 atom stereocenters. The van der Waals surface area contributed by atoms with E-state index < -0.39 is 29.6 Å². The van der Waals surface area contributed by atoms with Gasteiger partial charge in [0.05, 0.1) is 25.7 Å². The average Bonchev–Trinajstić information content (AvgIpc) is 2.40. The fourth-order valence-electron chi connectivity index (χ4n) is 1.99. The molecule has 0 amide bonds. The normalized spacial score (nSPS) is 24.2. The lowest BCUT2D eigenvalue weighted by molar-refractivity contribution is -0.138. The fraction of sp³-hybridized carbons (Fsp3) is 0.533. The minimum absolute atomic E-state index is 0.00405. The van der Waals surface area contributed by atoms with Crippen molar-refractivity contribution < 1.29 is 28.2 Å². The Morgan fingerprint density at radius 2 is 2.24 bits per heavy atom. The van der Waals surface area contributed by atoms with Crippen LogP contribution in [0.15, 0.2) is 35.5 Å². The van der Waals surface area contributed by atoms with E-state index in [0.29, 0.717) is 0 Å². The largest absolute Gasteiger partial charge is 0.481 e. The van der Waals surface area contributed by atoms with Crippen LogP contribution in [0.25, 0.3) is 0 Å². The van der Waals surface area contributed by atoms with Crippen LogP contribution in [0.3, 0.4) is 0 Å². The smallest absolute Gasteiger partial charge is 0.305 e. The summed E-state index contributed by atoms with van der Waals surface area (Å²) >= 11 is 0. The minimum Gasteiger partial charge on any atom is -0.481 e. The SMILES string of the molecule is COC1C=CC/C(F)=C(/C(C)COCCC(=O)O)C(F)=C1. The first kappa shape index (κ1) is 17.5. The van der Waals surface area contributed by atoms with E-state index in [4.69, 9.17) is 14.6 Å². The van der Waals surface area contributed by atoms with Gasteiger partial charge in [0.2, 0.25) is 0 Å². The average molecular weight is 302 g/mol. The van der Waals surface area contributed by atoms with Crippen LogP contribution in [0, 0.1) is 5.92 Å². The molecule has 118 valence electrons. The van der Waals surface area contributed by atoms with E-state index in [9.17, 15) is 13.6 Å². The van der Waals surface area contributed by atoms with Gasteiger partial charge in [0, 0.05) is 25.0 Å². The maximum Gasteiger partial charge on any atom is 0.305 e. The molecule has 1 rings (SSSR count). The first-order valence-corrected chi connectivity index (χ1v) is 6.71. The molecule has 0 bridgehead atoms. The molecule has 2 unspecified atom stereocenters. The van der Waals surface area contributed by atoms with Crippen molar-refractivity contribution in [1.82, 2.24) is 0 Å². The van der Waals surface area contributed by atoms with E-state index in [-0.39, 0.29) is 31.6 Å². The first-order chi connectivity index (χ1) is 9.95. The zero-order chi connectivity index (χ0) is 15.8. The second-order valence-electron chi connectivity index (χ2n) is 4.79. The Hall–Kier alpha value is -1.53. The highest BCUT2D eigenvalue weighted by molar-refractivity contribution is 5.66. The highest BCUT2D eigenvalue weighted by atomic mass is 19.1. The number of rotatable bonds is 7. The van der Waals surface area contributed by atoms with E-state index in [0.717, 1.165) is 0 Å². The Labute approximate surface area is 122 Å². The predicted octanol–water partition coefficient (Wildman–Crippen LogP) is 3.17. The molecular weight excluding hydrogens is 282 g/mol. The molecule has 0 saturated carbocycles. The van der Waals surface area contributed by atoms with Crippen molar-refractivity contribution in [3.63, 3.8) is 0 Å². The summed E-state index contributed by atoms with van der Waals surface area (Å²) in [4.78, 5) is 10.4. The van der Waals surface area contributed by atoms with Crippen molar-refractivity contribution >= 4 is 5.97 Å². The number of aliphatic carboxylic acids is 1. The lowest BCUT2D eigenvalue weighted by Crippen LogP contribution is -2.15.